The highest BCUT2D eigenvalue weighted by atomic mass is 19.1. The first-order valence-corrected chi connectivity index (χ1v) is 8.53. The van der Waals surface area contributed by atoms with Crippen LogP contribution in [0.3, 0.4) is 0 Å². The van der Waals surface area contributed by atoms with E-state index in [2.05, 4.69) is 18.8 Å². The molecule has 0 saturated carbocycles. The van der Waals surface area contributed by atoms with E-state index in [1.807, 2.05) is 29.7 Å². The average Bonchev–Trinajstić information content (AvgIpc) is 3.13. The Morgan fingerprint density at radius 2 is 1.84 bits per heavy atom. The van der Waals surface area contributed by atoms with Crippen molar-refractivity contribution in [2.45, 2.75) is 40.2 Å². The van der Waals surface area contributed by atoms with Gasteiger partial charge >= 0.3 is 0 Å². The van der Waals surface area contributed by atoms with Crippen LogP contribution < -0.4 is 0 Å². The summed E-state index contributed by atoms with van der Waals surface area (Å²) >= 11 is 0. The zero-order valence-corrected chi connectivity index (χ0v) is 14.8. The second kappa shape index (κ2) is 5.51. The summed E-state index contributed by atoms with van der Waals surface area (Å²) in [4.78, 5) is 4.37. The molecule has 4 rings (SSSR count). The summed E-state index contributed by atoms with van der Waals surface area (Å²) < 4.78 is 30.9. The van der Waals surface area contributed by atoms with Crippen LogP contribution in [0.5, 0.6) is 0 Å². The maximum atomic E-state index is 15.1. The molecule has 0 bridgehead atoms. The van der Waals surface area contributed by atoms with Gasteiger partial charge in [-0.15, -0.1) is 0 Å². The van der Waals surface area contributed by atoms with Crippen LogP contribution >= 0.6 is 0 Å². The van der Waals surface area contributed by atoms with E-state index in [-0.39, 0.29) is 17.6 Å². The van der Waals surface area contributed by atoms with Crippen molar-refractivity contribution in [2.24, 2.45) is 4.99 Å². The minimum atomic E-state index is -0.235. The second-order valence-corrected chi connectivity index (χ2v) is 7.04. The topological polar surface area (TPSA) is 17.3 Å². The van der Waals surface area contributed by atoms with Crippen molar-refractivity contribution in [1.29, 1.82) is 0 Å². The molecule has 0 unspecified atom stereocenters. The summed E-state index contributed by atoms with van der Waals surface area (Å²) in [5, 5.41) is 0.606. The van der Waals surface area contributed by atoms with E-state index in [9.17, 15) is 4.39 Å². The number of benzene rings is 2. The Hall–Kier alpha value is -2.49. The lowest BCUT2D eigenvalue weighted by Gasteiger charge is -2.15. The Bertz CT molecular complexity index is 1040. The molecule has 2 nitrogen and oxygen atoms in total. The van der Waals surface area contributed by atoms with Gasteiger partial charge in [-0.05, 0) is 55.7 Å². The first-order chi connectivity index (χ1) is 11.9. The predicted octanol–water partition coefficient (Wildman–Crippen LogP) is 5.66. The molecular weight excluding hydrogens is 318 g/mol. The summed E-state index contributed by atoms with van der Waals surface area (Å²) in [6.07, 6.45) is 0. The van der Waals surface area contributed by atoms with Crippen LogP contribution in [0, 0.1) is 18.6 Å². The summed E-state index contributed by atoms with van der Waals surface area (Å²) in [6.45, 7) is 8.23. The number of rotatable bonds is 2. The SMILES string of the molecule is CC1=NCc2c1cc1c(cc(C(C)C)n1-c1ccc(F)c(C)c1)c2F. The molecule has 0 aliphatic carbocycles. The zero-order valence-electron chi connectivity index (χ0n) is 14.8. The van der Waals surface area contributed by atoms with Crippen LogP contribution in [0.1, 0.15) is 49.1 Å². The van der Waals surface area contributed by atoms with Gasteiger partial charge in [0.1, 0.15) is 11.6 Å². The minimum Gasteiger partial charge on any atom is -0.313 e. The van der Waals surface area contributed by atoms with Crippen LogP contribution in [-0.2, 0) is 6.54 Å². The molecule has 0 atom stereocenters. The van der Waals surface area contributed by atoms with Gasteiger partial charge in [-0.2, -0.15) is 0 Å². The lowest BCUT2D eigenvalue weighted by molar-refractivity contribution is 0.618. The molecule has 3 aromatic rings. The highest BCUT2D eigenvalue weighted by Gasteiger charge is 2.24. The first kappa shape index (κ1) is 16.0. The normalized spacial score (nSPS) is 13.6. The van der Waals surface area contributed by atoms with Gasteiger partial charge in [0.05, 0.1) is 12.1 Å². The largest absolute Gasteiger partial charge is 0.313 e. The van der Waals surface area contributed by atoms with Crippen molar-refractivity contribution < 1.29 is 8.78 Å². The molecule has 0 radical (unpaired) electrons. The number of halogens is 2. The van der Waals surface area contributed by atoms with Gasteiger partial charge in [0.2, 0.25) is 0 Å². The first-order valence-electron chi connectivity index (χ1n) is 8.53. The highest BCUT2D eigenvalue weighted by Crippen LogP contribution is 2.35. The van der Waals surface area contributed by atoms with Crippen molar-refractivity contribution in [3.05, 3.63) is 64.4 Å². The van der Waals surface area contributed by atoms with E-state index >= 15 is 4.39 Å². The fourth-order valence-electron chi connectivity index (χ4n) is 3.61. The lowest BCUT2D eigenvalue weighted by Crippen LogP contribution is -2.04. The van der Waals surface area contributed by atoms with Gasteiger partial charge < -0.3 is 4.57 Å². The van der Waals surface area contributed by atoms with Crippen molar-refractivity contribution in [3.8, 4) is 5.69 Å². The smallest absolute Gasteiger partial charge is 0.138 e. The monoisotopic (exact) mass is 338 g/mol. The van der Waals surface area contributed by atoms with Crippen LogP contribution in [0.4, 0.5) is 8.78 Å². The Kier molecular flexibility index (Phi) is 3.53. The zero-order chi connectivity index (χ0) is 17.9. The molecular formula is C21H20F2N2. The molecule has 0 saturated heterocycles. The van der Waals surface area contributed by atoms with Crippen molar-refractivity contribution in [1.82, 2.24) is 4.57 Å². The number of aryl methyl sites for hydroxylation is 1. The number of nitrogens with zero attached hydrogens (tertiary/aromatic N) is 2. The number of aliphatic imine (C=N–C) groups is 1. The summed E-state index contributed by atoms with van der Waals surface area (Å²) in [5.41, 5.74) is 5.66. The molecule has 0 fully saturated rings. The summed E-state index contributed by atoms with van der Waals surface area (Å²) in [7, 11) is 0. The molecule has 0 spiro atoms. The number of fused-ring (bicyclic) bond motifs is 2. The van der Waals surface area contributed by atoms with E-state index in [1.165, 1.54) is 6.07 Å². The molecule has 0 N–H and O–H groups in total. The molecule has 1 aliphatic heterocycles. The highest BCUT2D eigenvalue weighted by molar-refractivity contribution is 6.05. The third-order valence-electron chi connectivity index (χ3n) is 5.03. The lowest BCUT2D eigenvalue weighted by atomic mass is 10.0. The standard InChI is InChI=1S/C21H20F2N2/c1-11(2)19-9-16-20(8-15-13(4)24-10-17(15)21(16)23)25(19)14-5-6-18(22)12(3)7-14/h5-9,11H,10H2,1-4H3. The van der Waals surface area contributed by atoms with Crippen LogP contribution in [0.2, 0.25) is 0 Å². The fraction of sp³-hybridized carbons (Fsp3) is 0.286. The molecule has 2 aromatic carbocycles. The quantitative estimate of drug-likeness (QED) is 0.573. The van der Waals surface area contributed by atoms with E-state index in [0.717, 1.165) is 28.2 Å². The van der Waals surface area contributed by atoms with Crippen molar-refractivity contribution in [3.63, 3.8) is 0 Å². The Balaban J connectivity index is 2.09. The summed E-state index contributed by atoms with van der Waals surface area (Å²) in [5.74, 6) is -0.212. The summed E-state index contributed by atoms with van der Waals surface area (Å²) in [6, 6.07) is 8.97. The molecule has 0 amide bonds. The Labute approximate surface area is 145 Å². The van der Waals surface area contributed by atoms with Crippen LogP contribution in [0.25, 0.3) is 16.6 Å². The molecule has 1 aliphatic rings. The maximum absolute atomic E-state index is 15.1. The molecule has 2 heterocycles. The van der Waals surface area contributed by atoms with E-state index in [1.54, 1.807) is 13.0 Å². The number of aromatic nitrogens is 1. The number of hydrogen-bond donors (Lipinski definition) is 0. The van der Waals surface area contributed by atoms with Gasteiger partial charge in [-0.3, -0.25) is 4.99 Å². The van der Waals surface area contributed by atoms with Crippen molar-refractivity contribution >= 4 is 16.6 Å². The molecule has 1 aromatic heterocycles. The Morgan fingerprint density at radius 1 is 1.08 bits per heavy atom. The van der Waals surface area contributed by atoms with E-state index in [4.69, 9.17) is 0 Å². The van der Waals surface area contributed by atoms with Gasteiger partial charge in [0.25, 0.3) is 0 Å². The van der Waals surface area contributed by atoms with Gasteiger partial charge in [0.15, 0.2) is 0 Å². The maximum Gasteiger partial charge on any atom is 0.138 e. The van der Waals surface area contributed by atoms with E-state index in [0.29, 0.717) is 23.1 Å². The third kappa shape index (κ3) is 2.31. The second-order valence-electron chi connectivity index (χ2n) is 7.04. The van der Waals surface area contributed by atoms with Crippen LogP contribution in [-0.4, -0.2) is 10.3 Å². The minimum absolute atomic E-state index is 0.187. The van der Waals surface area contributed by atoms with Crippen molar-refractivity contribution in [2.75, 3.05) is 0 Å². The van der Waals surface area contributed by atoms with Gasteiger partial charge in [-0.25, -0.2) is 8.78 Å². The molecule has 25 heavy (non-hydrogen) atoms. The van der Waals surface area contributed by atoms with Gasteiger partial charge in [-0.1, -0.05) is 13.8 Å². The van der Waals surface area contributed by atoms with E-state index < -0.39 is 0 Å². The average molecular weight is 338 g/mol. The molecule has 4 heteroatoms. The fourth-order valence-corrected chi connectivity index (χ4v) is 3.61. The number of hydrogen-bond acceptors (Lipinski definition) is 1. The predicted molar refractivity (Wildman–Crippen MR) is 97.9 cm³/mol. The molecule has 128 valence electrons. The third-order valence-corrected chi connectivity index (χ3v) is 5.03. The van der Waals surface area contributed by atoms with Crippen LogP contribution in [0.15, 0.2) is 35.3 Å². The Morgan fingerprint density at radius 3 is 2.52 bits per heavy atom. The van der Waals surface area contributed by atoms with Gasteiger partial charge in [0, 0.05) is 33.6 Å².